The van der Waals surface area contributed by atoms with Gasteiger partial charge in [-0.2, -0.15) is 13.2 Å². The molecule has 1 amide bonds. The average Bonchev–Trinajstić information content (AvgIpc) is 2.31. The quantitative estimate of drug-likeness (QED) is 0.782. The van der Waals surface area contributed by atoms with Gasteiger partial charge in [0.15, 0.2) is 0 Å². The van der Waals surface area contributed by atoms with Gasteiger partial charge in [-0.3, -0.25) is 0 Å². The third-order valence-corrected chi connectivity index (χ3v) is 2.61. The first-order valence-corrected chi connectivity index (χ1v) is 5.31. The van der Waals surface area contributed by atoms with Crippen molar-refractivity contribution in [2.45, 2.75) is 12.8 Å². The van der Waals surface area contributed by atoms with E-state index in [9.17, 15) is 18.0 Å². The highest BCUT2D eigenvalue weighted by Crippen LogP contribution is 2.37. The van der Waals surface area contributed by atoms with E-state index in [-0.39, 0.29) is 12.3 Å². The summed E-state index contributed by atoms with van der Waals surface area (Å²) < 4.78 is 43.0. The molecule has 0 saturated heterocycles. The van der Waals surface area contributed by atoms with Gasteiger partial charge in [0.05, 0.1) is 5.69 Å². The molecule has 1 aromatic rings. The van der Waals surface area contributed by atoms with Gasteiger partial charge in [0, 0.05) is 11.1 Å². The zero-order valence-electron chi connectivity index (χ0n) is 8.87. The lowest BCUT2D eigenvalue weighted by molar-refractivity contribution is -0.0932. The van der Waals surface area contributed by atoms with Crippen LogP contribution in [0.4, 0.5) is 23.7 Å². The number of allylic oxidation sites excluding steroid dienone is 1. The molecule has 96 valence electrons. The maximum Gasteiger partial charge on any atom is 0.432 e. The molecule has 0 spiro atoms. The Morgan fingerprint density at radius 3 is 2.67 bits per heavy atom. The van der Waals surface area contributed by atoms with Gasteiger partial charge in [0.2, 0.25) is 0 Å². The molecule has 1 aliphatic rings. The first-order chi connectivity index (χ1) is 8.45. The van der Waals surface area contributed by atoms with Crippen molar-refractivity contribution in [3.8, 4) is 0 Å². The van der Waals surface area contributed by atoms with Crippen molar-refractivity contribution in [2.75, 3.05) is 4.90 Å². The molecule has 0 atom stereocenters. The molecule has 0 aromatic heterocycles. The van der Waals surface area contributed by atoms with Crippen LogP contribution in [0.5, 0.6) is 0 Å². The monoisotopic (exact) mass is 277 g/mol. The number of benzene rings is 1. The van der Waals surface area contributed by atoms with Crippen LogP contribution in [0.25, 0.3) is 0 Å². The van der Waals surface area contributed by atoms with E-state index in [4.69, 9.17) is 11.6 Å². The molecule has 2 rings (SSSR count). The summed E-state index contributed by atoms with van der Waals surface area (Å²) in [5.41, 5.74) is -0.347. The number of anilines is 1. The van der Waals surface area contributed by atoms with Gasteiger partial charge in [0.25, 0.3) is 0 Å². The van der Waals surface area contributed by atoms with Crippen molar-refractivity contribution >= 4 is 23.4 Å². The van der Waals surface area contributed by atoms with Crippen LogP contribution in [0, 0.1) is 0 Å². The standard InChI is InChI=1S/C11H7ClF3NO2/c12-5-9(11(13,14)15)16-8-4-2-1-3-7(8)6-18-10(16)17/h1-5H,6H2/b9-5-. The van der Waals surface area contributed by atoms with E-state index in [1.807, 2.05) is 0 Å². The molecule has 7 heteroatoms. The number of cyclic esters (lactones) is 1. The number of hydrogen-bond acceptors (Lipinski definition) is 2. The number of carbonyl (C=O) groups excluding carboxylic acids is 1. The number of rotatable bonds is 1. The average molecular weight is 278 g/mol. The molecule has 1 aliphatic heterocycles. The number of amides is 1. The Morgan fingerprint density at radius 1 is 1.39 bits per heavy atom. The summed E-state index contributed by atoms with van der Waals surface area (Å²) in [5.74, 6) is 0. The minimum atomic E-state index is -4.74. The molecule has 0 bridgehead atoms. The van der Waals surface area contributed by atoms with Gasteiger partial charge in [-0.1, -0.05) is 29.8 Å². The number of hydrogen-bond donors (Lipinski definition) is 0. The number of alkyl halides is 3. The van der Waals surface area contributed by atoms with Crippen molar-refractivity contribution in [3.63, 3.8) is 0 Å². The van der Waals surface area contributed by atoms with Crippen LogP contribution >= 0.6 is 11.6 Å². The highest BCUT2D eigenvalue weighted by atomic mass is 35.5. The summed E-state index contributed by atoms with van der Waals surface area (Å²) in [7, 11) is 0. The molecule has 0 unspecified atom stereocenters. The van der Waals surface area contributed by atoms with Crippen molar-refractivity contribution in [3.05, 3.63) is 41.1 Å². The maximum absolute atomic E-state index is 12.8. The first kappa shape index (κ1) is 12.8. The van der Waals surface area contributed by atoms with Crippen molar-refractivity contribution in [1.29, 1.82) is 0 Å². The predicted molar refractivity (Wildman–Crippen MR) is 59.1 cm³/mol. The highest BCUT2D eigenvalue weighted by Gasteiger charge is 2.43. The molecule has 0 fully saturated rings. The van der Waals surface area contributed by atoms with Crippen LogP contribution in [0.1, 0.15) is 5.56 Å². The van der Waals surface area contributed by atoms with Crippen LogP contribution in [0.15, 0.2) is 35.5 Å². The van der Waals surface area contributed by atoms with Crippen molar-refractivity contribution < 1.29 is 22.7 Å². The maximum atomic E-state index is 12.8. The van der Waals surface area contributed by atoms with Gasteiger partial charge < -0.3 is 4.74 Å². The fourth-order valence-electron chi connectivity index (χ4n) is 1.62. The van der Waals surface area contributed by atoms with E-state index in [0.717, 1.165) is 0 Å². The normalized spacial score (nSPS) is 16.3. The van der Waals surface area contributed by atoms with Crippen LogP contribution in [0.3, 0.4) is 0 Å². The van der Waals surface area contributed by atoms with E-state index in [1.165, 1.54) is 12.1 Å². The Kier molecular flexibility index (Phi) is 3.21. The molecule has 0 saturated carbocycles. The van der Waals surface area contributed by atoms with Crippen LogP contribution in [-0.4, -0.2) is 12.3 Å². The van der Waals surface area contributed by atoms with E-state index < -0.39 is 18.0 Å². The number of fused-ring (bicyclic) bond motifs is 1. The summed E-state index contributed by atoms with van der Waals surface area (Å²) in [6.07, 6.45) is -5.84. The highest BCUT2D eigenvalue weighted by molar-refractivity contribution is 6.26. The predicted octanol–water partition coefficient (Wildman–Crippen LogP) is 3.79. The number of halogens is 4. The second kappa shape index (κ2) is 4.53. The van der Waals surface area contributed by atoms with E-state index >= 15 is 0 Å². The van der Waals surface area contributed by atoms with Gasteiger partial charge >= 0.3 is 12.3 Å². The summed E-state index contributed by atoms with van der Waals surface area (Å²) in [6, 6.07) is 6.17. The van der Waals surface area contributed by atoms with E-state index in [1.54, 1.807) is 12.1 Å². The Labute approximate surface area is 105 Å². The minimum Gasteiger partial charge on any atom is -0.444 e. The van der Waals surface area contributed by atoms with Crippen molar-refractivity contribution in [1.82, 2.24) is 0 Å². The fraction of sp³-hybridized carbons (Fsp3) is 0.182. The Hall–Kier alpha value is -1.69. The molecule has 3 nitrogen and oxygen atoms in total. The smallest absolute Gasteiger partial charge is 0.432 e. The molecule has 1 heterocycles. The third kappa shape index (κ3) is 2.15. The molecular weight excluding hydrogens is 271 g/mol. The summed E-state index contributed by atoms with van der Waals surface area (Å²) in [5, 5.41) is 0. The Balaban J connectivity index is 2.53. The molecule has 0 radical (unpaired) electrons. The Bertz CT molecular complexity index is 513. The van der Waals surface area contributed by atoms with Gasteiger partial charge in [-0.15, -0.1) is 0 Å². The van der Waals surface area contributed by atoms with Gasteiger partial charge in [0.1, 0.15) is 12.3 Å². The summed E-state index contributed by atoms with van der Waals surface area (Å²) in [6.45, 7) is -0.0566. The lowest BCUT2D eigenvalue weighted by atomic mass is 10.1. The van der Waals surface area contributed by atoms with E-state index in [0.29, 0.717) is 16.0 Å². The molecule has 1 aromatic carbocycles. The Morgan fingerprint density at radius 2 is 2.06 bits per heavy atom. The molecule has 18 heavy (non-hydrogen) atoms. The largest absolute Gasteiger partial charge is 0.444 e. The number of carbonyl (C=O) groups is 1. The van der Waals surface area contributed by atoms with Crippen LogP contribution in [0.2, 0.25) is 0 Å². The van der Waals surface area contributed by atoms with Crippen LogP contribution in [-0.2, 0) is 11.3 Å². The van der Waals surface area contributed by atoms with E-state index in [2.05, 4.69) is 4.74 Å². The van der Waals surface area contributed by atoms with Gasteiger partial charge in [-0.05, 0) is 6.07 Å². The SMILES string of the molecule is O=C1OCc2ccccc2N1/C(=C\Cl)C(F)(F)F. The first-order valence-electron chi connectivity index (χ1n) is 4.87. The zero-order valence-corrected chi connectivity index (χ0v) is 9.63. The van der Waals surface area contributed by atoms with Gasteiger partial charge in [-0.25, -0.2) is 9.69 Å². The third-order valence-electron chi connectivity index (χ3n) is 2.40. The molecular formula is C11H7ClF3NO2. The fourth-order valence-corrected chi connectivity index (χ4v) is 1.84. The second-order valence-electron chi connectivity index (χ2n) is 3.51. The minimum absolute atomic E-state index is 0.0566. The lowest BCUT2D eigenvalue weighted by Gasteiger charge is -2.30. The second-order valence-corrected chi connectivity index (χ2v) is 3.73. The molecule has 0 aliphatic carbocycles. The van der Waals surface area contributed by atoms with Crippen molar-refractivity contribution in [2.24, 2.45) is 0 Å². The number of para-hydroxylation sites is 1. The number of ether oxygens (including phenoxy) is 1. The van der Waals surface area contributed by atoms with Crippen LogP contribution < -0.4 is 4.90 Å². The topological polar surface area (TPSA) is 29.5 Å². The summed E-state index contributed by atoms with van der Waals surface area (Å²) >= 11 is 5.19. The zero-order chi connectivity index (χ0) is 13.3. The number of nitrogens with zero attached hydrogens (tertiary/aromatic N) is 1. The molecule has 0 N–H and O–H groups in total. The summed E-state index contributed by atoms with van der Waals surface area (Å²) in [4.78, 5) is 11.9. The lowest BCUT2D eigenvalue weighted by Crippen LogP contribution is -2.40.